The third kappa shape index (κ3) is 4.66. The third-order valence-corrected chi connectivity index (χ3v) is 5.18. The second-order valence-electron chi connectivity index (χ2n) is 6.90. The summed E-state index contributed by atoms with van der Waals surface area (Å²) in [7, 11) is 0. The number of hydrogen-bond acceptors (Lipinski definition) is 5. The molecule has 2 aromatic rings. The molecule has 146 valence electrons. The Labute approximate surface area is 162 Å². The van der Waals surface area contributed by atoms with Gasteiger partial charge >= 0.3 is 5.97 Å². The third-order valence-electron chi connectivity index (χ3n) is 4.94. The van der Waals surface area contributed by atoms with E-state index in [0.29, 0.717) is 35.5 Å². The van der Waals surface area contributed by atoms with Crippen LogP contribution in [-0.4, -0.2) is 45.9 Å². The van der Waals surface area contributed by atoms with Crippen molar-refractivity contribution in [2.45, 2.75) is 50.8 Å². The van der Waals surface area contributed by atoms with Crippen LogP contribution in [0, 0.1) is 0 Å². The molecule has 27 heavy (non-hydrogen) atoms. The van der Waals surface area contributed by atoms with Gasteiger partial charge in [0.05, 0.1) is 36.0 Å². The molecule has 1 saturated heterocycles. The molecule has 2 heterocycles. The Bertz CT molecular complexity index is 870. The van der Waals surface area contributed by atoms with Crippen molar-refractivity contribution in [1.29, 1.82) is 0 Å². The van der Waals surface area contributed by atoms with Crippen molar-refractivity contribution >= 4 is 28.5 Å². The van der Waals surface area contributed by atoms with Crippen LogP contribution < -0.4 is 10.9 Å². The molecule has 0 bridgehead atoms. The van der Waals surface area contributed by atoms with E-state index < -0.39 is 12.0 Å². The lowest BCUT2D eigenvalue weighted by Crippen LogP contribution is -2.30. The minimum Gasteiger partial charge on any atom is -0.480 e. The summed E-state index contributed by atoms with van der Waals surface area (Å²) in [6, 6.07) is 4.34. The molecule has 1 aliphatic rings. The van der Waals surface area contributed by atoms with Crippen LogP contribution in [0.1, 0.15) is 38.6 Å². The SMILES string of the molecule is CCCCC(COC1CNC(C(=O)O)C1)n1cnc2cc(Cl)ccc2c1=O. The van der Waals surface area contributed by atoms with E-state index >= 15 is 0 Å². The summed E-state index contributed by atoms with van der Waals surface area (Å²) in [5.74, 6) is -0.864. The molecule has 2 N–H and O–H groups in total. The molecule has 8 heteroatoms. The van der Waals surface area contributed by atoms with Crippen LogP contribution in [0.15, 0.2) is 29.3 Å². The summed E-state index contributed by atoms with van der Waals surface area (Å²) >= 11 is 5.98. The Morgan fingerprint density at radius 1 is 1.52 bits per heavy atom. The second-order valence-corrected chi connectivity index (χ2v) is 7.34. The number of rotatable bonds is 8. The van der Waals surface area contributed by atoms with Gasteiger partial charge < -0.3 is 15.2 Å². The number of fused-ring (bicyclic) bond motifs is 1. The van der Waals surface area contributed by atoms with Crippen LogP contribution in [0.4, 0.5) is 0 Å². The topological polar surface area (TPSA) is 93.4 Å². The largest absolute Gasteiger partial charge is 0.480 e. The molecular weight excluding hydrogens is 370 g/mol. The summed E-state index contributed by atoms with van der Waals surface area (Å²) in [6.45, 7) is 2.94. The van der Waals surface area contributed by atoms with Crippen molar-refractivity contribution in [2.24, 2.45) is 0 Å². The van der Waals surface area contributed by atoms with Gasteiger partial charge in [-0.25, -0.2) is 4.98 Å². The van der Waals surface area contributed by atoms with Crippen LogP contribution in [0.25, 0.3) is 10.9 Å². The van der Waals surface area contributed by atoms with Crippen molar-refractivity contribution in [3.8, 4) is 0 Å². The molecule has 0 saturated carbocycles. The number of carboxylic acid groups (broad SMARTS) is 1. The van der Waals surface area contributed by atoms with Gasteiger partial charge in [-0.15, -0.1) is 0 Å². The smallest absolute Gasteiger partial charge is 0.320 e. The van der Waals surface area contributed by atoms with Crippen LogP contribution in [0.2, 0.25) is 5.02 Å². The Hall–Kier alpha value is -1.96. The number of halogens is 1. The molecule has 3 unspecified atom stereocenters. The summed E-state index contributed by atoms with van der Waals surface area (Å²) in [6.07, 6.45) is 4.57. The zero-order valence-electron chi connectivity index (χ0n) is 15.2. The number of hydrogen-bond donors (Lipinski definition) is 2. The summed E-state index contributed by atoms with van der Waals surface area (Å²) in [5, 5.41) is 13.1. The maximum atomic E-state index is 12.9. The lowest BCUT2D eigenvalue weighted by molar-refractivity contribution is -0.139. The van der Waals surface area contributed by atoms with Crippen molar-refractivity contribution in [2.75, 3.05) is 13.2 Å². The number of carboxylic acids is 1. The molecule has 1 aliphatic heterocycles. The number of aliphatic carboxylic acids is 1. The average Bonchev–Trinajstić information content (AvgIpc) is 3.12. The Kier molecular flexibility index (Phi) is 6.46. The van der Waals surface area contributed by atoms with E-state index in [2.05, 4.69) is 17.2 Å². The Morgan fingerprint density at radius 3 is 3.04 bits per heavy atom. The fourth-order valence-corrected chi connectivity index (χ4v) is 3.54. The van der Waals surface area contributed by atoms with Crippen molar-refractivity contribution < 1.29 is 14.6 Å². The number of unbranched alkanes of at least 4 members (excludes halogenated alkanes) is 1. The number of nitrogens with zero attached hydrogens (tertiary/aromatic N) is 2. The highest BCUT2D eigenvalue weighted by atomic mass is 35.5. The van der Waals surface area contributed by atoms with Crippen molar-refractivity contribution in [3.05, 3.63) is 39.9 Å². The first-order valence-electron chi connectivity index (χ1n) is 9.23. The van der Waals surface area contributed by atoms with Crippen molar-refractivity contribution in [1.82, 2.24) is 14.9 Å². The molecule has 0 radical (unpaired) electrons. The highest BCUT2D eigenvalue weighted by molar-refractivity contribution is 6.31. The average molecular weight is 394 g/mol. The van der Waals surface area contributed by atoms with Gasteiger partial charge in [0.2, 0.25) is 0 Å². The number of ether oxygens (including phenoxy) is 1. The van der Waals surface area contributed by atoms with E-state index in [4.69, 9.17) is 21.4 Å². The van der Waals surface area contributed by atoms with Gasteiger partial charge in [0.25, 0.3) is 5.56 Å². The highest BCUT2D eigenvalue weighted by Crippen LogP contribution is 2.20. The van der Waals surface area contributed by atoms with Gasteiger partial charge in [-0.2, -0.15) is 0 Å². The van der Waals surface area contributed by atoms with E-state index in [1.807, 2.05) is 0 Å². The van der Waals surface area contributed by atoms with E-state index in [1.165, 1.54) is 0 Å². The Morgan fingerprint density at radius 2 is 2.33 bits per heavy atom. The monoisotopic (exact) mass is 393 g/mol. The first kappa shape index (κ1) is 19.8. The molecule has 0 aliphatic carbocycles. The minimum absolute atomic E-state index is 0.116. The maximum absolute atomic E-state index is 12.9. The standard InChI is InChI=1S/C19H24ClN3O4/c1-2-3-4-13(10-27-14-8-17(19(25)26)21-9-14)23-11-22-16-7-12(20)5-6-15(16)18(23)24/h5-7,11,13-14,17,21H,2-4,8-10H2,1H3,(H,25,26). The number of carbonyl (C=O) groups is 1. The van der Waals surface area contributed by atoms with Gasteiger partial charge in [-0.3, -0.25) is 14.2 Å². The molecule has 7 nitrogen and oxygen atoms in total. The molecule has 0 spiro atoms. The van der Waals surface area contributed by atoms with Crippen LogP contribution in [-0.2, 0) is 9.53 Å². The number of benzene rings is 1. The molecule has 1 fully saturated rings. The van der Waals surface area contributed by atoms with Crippen LogP contribution in [0.5, 0.6) is 0 Å². The first-order valence-corrected chi connectivity index (χ1v) is 9.61. The summed E-state index contributed by atoms with van der Waals surface area (Å²) in [5.41, 5.74) is 0.456. The highest BCUT2D eigenvalue weighted by Gasteiger charge is 2.30. The fourth-order valence-electron chi connectivity index (χ4n) is 3.38. The zero-order valence-corrected chi connectivity index (χ0v) is 16.0. The lowest BCUT2D eigenvalue weighted by Gasteiger charge is -2.22. The number of aromatic nitrogens is 2. The van der Waals surface area contributed by atoms with E-state index in [0.717, 1.165) is 19.3 Å². The van der Waals surface area contributed by atoms with Crippen molar-refractivity contribution in [3.63, 3.8) is 0 Å². The van der Waals surface area contributed by atoms with Gasteiger partial charge in [-0.1, -0.05) is 31.4 Å². The fraction of sp³-hybridized carbons (Fsp3) is 0.526. The second kappa shape index (κ2) is 8.82. The van der Waals surface area contributed by atoms with Gasteiger partial charge in [0, 0.05) is 18.0 Å². The summed E-state index contributed by atoms with van der Waals surface area (Å²) in [4.78, 5) is 28.4. The Balaban J connectivity index is 1.77. The summed E-state index contributed by atoms with van der Waals surface area (Å²) < 4.78 is 7.58. The van der Waals surface area contributed by atoms with E-state index in [1.54, 1.807) is 29.1 Å². The molecular formula is C19H24ClN3O4. The molecule has 1 aromatic carbocycles. The van der Waals surface area contributed by atoms with Gasteiger partial charge in [0.1, 0.15) is 6.04 Å². The first-order chi connectivity index (χ1) is 13.0. The predicted molar refractivity (Wildman–Crippen MR) is 103 cm³/mol. The molecule has 3 rings (SSSR count). The molecule has 0 amide bonds. The molecule has 3 atom stereocenters. The van der Waals surface area contributed by atoms with Crippen LogP contribution >= 0.6 is 11.6 Å². The normalized spacial score (nSPS) is 20.8. The zero-order chi connectivity index (χ0) is 19.4. The quantitative estimate of drug-likeness (QED) is 0.716. The molecule has 1 aromatic heterocycles. The van der Waals surface area contributed by atoms with Crippen LogP contribution in [0.3, 0.4) is 0 Å². The van der Waals surface area contributed by atoms with Gasteiger partial charge in [-0.05, 0) is 24.6 Å². The van der Waals surface area contributed by atoms with E-state index in [9.17, 15) is 9.59 Å². The maximum Gasteiger partial charge on any atom is 0.320 e. The van der Waals surface area contributed by atoms with Gasteiger partial charge in [0.15, 0.2) is 0 Å². The predicted octanol–water partition coefficient (Wildman–Crippen LogP) is 2.61. The minimum atomic E-state index is -0.864. The lowest BCUT2D eigenvalue weighted by atomic mass is 10.1. The van der Waals surface area contributed by atoms with E-state index in [-0.39, 0.29) is 17.7 Å². The number of nitrogens with one attached hydrogen (secondary N) is 1.